The van der Waals surface area contributed by atoms with Gasteiger partial charge in [-0.25, -0.2) is 4.79 Å². The van der Waals surface area contributed by atoms with Crippen LogP contribution in [0, 0.1) is 6.92 Å². The molecule has 3 nitrogen and oxygen atoms in total. The molecule has 0 spiro atoms. The zero-order chi connectivity index (χ0) is 15.5. The van der Waals surface area contributed by atoms with Crippen molar-refractivity contribution in [2.24, 2.45) is 0 Å². The van der Waals surface area contributed by atoms with Gasteiger partial charge < -0.3 is 4.74 Å². The Morgan fingerprint density at radius 3 is 2.32 bits per heavy atom. The fourth-order valence-corrected chi connectivity index (χ4v) is 2.27. The standard InChI is InChI=1S/C19H17NO2/c1-14-7-10-17(11-8-14)20(2)19(21)22-18-12-9-15-5-3-4-6-16(15)13-18/h3-13H,1-2H3. The van der Waals surface area contributed by atoms with E-state index in [9.17, 15) is 4.79 Å². The molecule has 0 radical (unpaired) electrons. The summed E-state index contributed by atoms with van der Waals surface area (Å²) < 4.78 is 5.46. The number of nitrogens with zero attached hydrogens (tertiary/aromatic N) is 1. The highest BCUT2D eigenvalue weighted by Gasteiger charge is 2.13. The molecule has 0 saturated carbocycles. The molecule has 0 aliphatic heterocycles. The first-order chi connectivity index (χ1) is 10.6. The second-order valence-electron chi connectivity index (χ2n) is 5.27. The Kier molecular flexibility index (Phi) is 3.79. The molecule has 0 aliphatic carbocycles. The molecule has 0 saturated heterocycles. The Morgan fingerprint density at radius 1 is 0.909 bits per heavy atom. The van der Waals surface area contributed by atoms with Crippen molar-refractivity contribution in [3.63, 3.8) is 0 Å². The number of ether oxygens (including phenoxy) is 1. The minimum Gasteiger partial charge on any atom is -0.410 e. The third-order valence-corrected chi connectivity index (χ3v) is 3.62. The summed E-state index contributed by atoms with van der Waals surface area (Å²) in [6.45, 7) is 2.01. The zero-order valence-corrected chi connectivity index (χ0v) is 12.6. The fraction of sp³-hybridized carbons (Fsp3) is 0.105. The third-order valence-electron chi connectivity index (χ3n) is 3.62. The molecule has 3 aromatic carbocycles. The smallest absolute Gasteiger partial charge is 0.410 e. The highest BCUT2D eigenvalue weighted by molar-refractivity contribution is 5.90. The van der Waals surface area contributed by atoms with Gasteiger partial charge in [-0.05, 0) is 42.0 Å². The molecule has 3 heteroatoms. The number of hydrogen-bond acceptors (Lipinski definition) is 2. The molecule has 0 bridgehead atoms. The summed E-state index contributed by atoms with van der Waals surface area (Å²) in [5, 5.41) is 2.17. The zero-order valence-electron chi connectivity index (χ0n) is 12.6. The second kappa shape index (κ2) is 5.90. The highest BCUT2D eigenvalue weighted by Crippen LogP contribution is 2.22. The second-order valence-corrected chi connectivity index (χ2v) is 5.27. The topological polar surface area (TPSA) is 29.5 Å². The van der Waals surface area contributed by atoms with Crippen molar-refractivity contribution in [2.75, 3.05) is 11.9 Å². The van der Waals surface area contributed by atoms with Crippen molar-refractivity contribution in [3.05, 3.63) is 72.3 Å². The first-order valence-corrected chi connectivity index (χ1v) is 7.14. The van der Waals surface area contributed by atoms with E-state index in [1.807, 2.05) is 73.7 Å². The molecule has 0 fully saturated rings. The molecule has 0 N–H and O–H groups in total. The predicted molar refractivity (Wildman–Crippen MR) is 89.6 cm³/mol. The normalized spacial score (nSPS) is 10.5. The molecule has 0 aliphatic rings. The summed E-state index contributed by atoms with van der Waals surface area (Å²) in [7, 11) is 1.70. The average Bonchev–Trinajstić information content (AvgIpc) is 2.55. The first kappa shape index (κ1) is 14.1. The van der Waals surface area contributed by atoms with E-state index in [4.69, 9.17) is 4.74 Å². The quantitative estimate of drug-likeness (QED) is 0.679. The Hall–Kier alpha value is -2.81. The lowest BCUT2D eigenvalue weighted by Gasteiger charge is -2.17. The van der Waals surface area contributed by atoms with Crippen LogP contribution in [0.4, 0.5) is 10.5 Å². The van der Waals surface area contributed by atoms with Crippen LogP contribution in [-0.4, -0.2) is 13.1 Å². The van der Waals surface area contributed by atoms with E-state index in [2.05, 4.69) is 0 Å². The molecule has 0 heterocycles. The van der Waals surface area contributed by atoms with Crippen LogP contribution in [0.2, 0.25) is 0 Å². The molecule has 3 aromatic rings. The monoisotopic (exact) mass is 291 g/mol. The van der Waals surface area contributed by atoms with E-state index in [1.165, 1.54) is 4.90 Å². The molecule has 110 valence electrons. The van der Waals surface area contributed by atoms with Crippen LogP contribution in [0.3, 0.4) is 0 Å². The van der Waals surface area contributed by atoms with E-state index in [1.54, 1.807) is 7.05 Å². The summed E-state index contributed by atoms with van der Waals surface area (Å²) in [5.41, 5.74) is 1.96. The van der Waals surface area contributed by atoms with E-state index >= 15 is 0 Å². The number of fused-ring (bicyclic) bond motifs is 1. The van der Waals surface area contributed by atoms with E-state index in [0.717, 1.165) is 22.0 Å². The number of carbonyl (C=O) groups excluding carboxylic acids is 1. The Balaban J connectivity index is 1.78. The minimum absolute atomic E-state index is 0.404. The lowest BCUT2D eigenvalue weighted by molar-refractivity contribution is 0.209. The van der Waals surface area contributed by atoms with Crippen molar-refractivity contribution in [3.8, 4) is 5.75 Å². The van der Waals surface area contributed by atoms with Gasteiger partial charge in [0.15, 0.2) is 0 Å². The molecule has 0 atom stereocenters. The summed E-state index contributed by atoms with van der Waals surface area (Å²) in [6.07, 6.45) is -0.404. The number of anilines is 1. The molecular formula is C19H17NO2. The molecule has 0 unspecified atom stereocenters. The largest absolute Gasteiger partial charge is 0.419 e. The maximum atomic E-state index is 12.2. The lowest BCUT2D eigenvalue weighted by atomic mass is 10.1. The molecule has 22 heavy (non-hydrogen) atoms. The number of hydrogen-bond donors (Lipinski definition) is 0. The molecular weight excluding hydrogens is 274 g/mol. The third kappa shape index (κ3) is 2.93. The van der Waals surface area contributed by atoms with Gasteiger partial charge in [0.1, 0.15) is 5.75 Å². The molecule has 3 rings (SSSR count). The van der Waals surface area contributed by atoms with Crippen LogP contribution in [0.5, 0.6) is 5.75 Å². The van der Waals surface area contributed by atoms with Crippen LogP contribution < -0.4 is 9.64 Å². The fourth-order valence-electron chi connectivity index (χ4n) is 2.27. The maximum absolute atomic E-state index is 12.2. The van der Waals surface area contributed by atoms with Crippen molar-refractivity contribution in [2.45, 2.75) is 6.92 Å². The summed E-state index contributed by atoms with van der Waals surface area (Å²) in [5.74, 6) is 0.544. The van der Waals surface area contributed by atoms with Crippen molar-refractivity contribution >= 4 is 22.6 Å². The van der Waals surface area contributed by atoms with Gasteiger partial charge in [0, 0.05) is 12.7 Å². The van der Waals surface area contributed by atoms with E-state index in [-0.39, 0.29) is 0 Å². The van der Waals surface area contributed by atoms with E-state index in [0.29, 0.717) is 5.75 Å². The van der Waals surface area contributed by atoms with E-state index < -0.39 is 6.09 Å². The average molecular weight is 291 g/mol. The predicted octanol–water partition coefficient (Wildman–Crippen LogP) is 4.78. The van der Waals surface area contributed by atoms with Crippen molar-refractivity contribution in [1.82, 2.24) is 0 Å². The molecule has 0 aromatic heterocycles. The van der Waals surface area contributed by atoms with Gasteiger partial charge >= 0.3 is 6.09 Å². The van der Waals surface area contributed by atoms with Gasteiger partial charge in [0.2, 0.25) is 0 Å². The number of amides is 1. The van der Waals surface area contributed by atoms with Crippen molar-refractivity contribution in [1.29, 1.82) is 0 Å². The SMILES string of the molecule is Cc1ccc(N(C)C(=O)Oc2ccc3ccccc3c2)cc1. The Bertz CT molecular complexity index is 809. The van der Waals surface area contributed by atoms with Gasteiger partial charge in [-0.1, -0.05) is 48.0 Å². The van der Waals surface area contributed by atoms with Crippen LogP contribution in [0.1, 0.15) is 5.56 Å². The number of rotatable bonds is 2. The number of carbonyl (C=O) groups is 1. The highest BCUT2D eigenvalue weighted by atomic mass is 16.6. The lowest BCUT2D eigenvalue weighted by Crippen LogP contribution is -2.29. The summed E-state index contributed by atoms with van der Waals surface area (Å²) in [4.78, 5) is 13.7. The first-order valence-electron chi connectivity index (χ1n) is 7.14. The molecule has 1 amide bonds. The summed E-state index contributed by atoms with van der Waals surface area (Å²) in [6, 6.07) is 21.3. The summed E-state index contributed by atoms with van der Waals surface area (Å²) >= 11 is 0. The number of aryl methyl sites for hydroxylation is 1. The minimum atomic E-state index is -0.404. The van der Waals surface area contributed by atoms with Crippen LogP contribution >= 0.6 is 0 Å². The van der Waals surface area contributed by atoms with Crippen LogP contribution in [0.15, 0.2) is 66.7 Å². The Morgan fingerprint density at radius 2 is 1.59 bits per heavy atom. The van der Waals surface area contributed by atoms with Crippen LogP contribution in [0.25, 0.3) is 10.8 Å². The maximum Gasteiger partial charge on any atom is 0.419 e. The van der Waals surface area contributed by atoms with Gasteiger partial charge in [-0.2, -0.15) is 0 Å². The van der Waals surface area contributed by atoms with Gasteiger partial charge in [-0.3, -0.25) is 4.90 Å². The van der Waals surface area contributed by atoms with Crippen LogP contribution in [-0.2, 0) is 0 Å². The van der Waals surface area contributed by atoms with Gasteiger partial charge in [0.05, 0.1) is 0 Å². The number of benzene rings is 3. The van der Waals surface area contributed by atoms with Crippen molar-refractivity contribution < 1.29 is 9.53 Å². The van der Waals surface area contributed by atoms with Gasteiger partial charge in [0.25, 0.3) is 0 Å². The van der Waals surface area contributed by atoms with Gasteiger partial charge in [-0.15, -0.1) is 0 Å². The Labute approximate surface area is 129 Å².